The van der Waals surface area contributed by atoms with Gasteiger partial charge in [-0.05, 0) is 38.5 Å². The minimum Gasteiger partial charge on any atom is -0.370 e. The maximum Gasteiger partial charge on any atom is 0.239 e. The SMILES string of the molecule is CCCCCCCCCCCCCCC(C(=O)CCCCCCCCCCCCC)C(=O)N(CCCCCCCCCCCCCCCCCCCCC(N)=O)C(=O)CCCCCCCCCCCCCCCCC=O. The van der Waals surface area contributed by atoms with Crippen LogP contribution >= 0.6 is 0 Å². The van der Waals surface area contributed by atoms with Gasteiger partial charge in [0.2, 0.25) is 17.7 Å². The Morgan fingerprint density at radius 3 is 0.908 bits per heavy atom. The number of amides is 3. The monoisotopic (exact) mass is 1070 g/mol. The van der Waals surface area contributed by atoms with Gasteiger partial charge in [-0.2, -0.15) is 0 Å². The largest absolute Gasteiger partial charge is 0.370 e. The average Bonchev–Trinajstić information content (AvgIpc) is 3.41. The average molecular weight is 1070 g/mol. The maximum atomic E-state index is 14.6. The summed E-state index contributed by atoms with van der Waals surface area (Å²) in [6.45, 7) is 5.02. The van der Waals surface area contributed by atoms with Crippen molar-refractivity contribution >= 4 is 29.8 Å². The summed E-state index contributed by atoms with van der Waals surface area (Å²) in [5, 5.41) is 0. The second kappa shape index (κ2) is 62.2. The minimum absolute atomic E-state index is 0.0374. The van der Waals surface area contributed by atoms with Crippen molar-refractivity contribution in [2.24, 2.45) is 11.7 Å². The van der Waals surface area contributed by atoms with E-state index in [4.69, 9.17) is 5.73 Å². The molecule has 0 radical (unpaired) electrons. The van der Waals surface area contributed by atoms with Gasteiger partial charge >= 0.3 is 0 Å². The molecule has 0 aliphatic carbocycles. The van der Waals surface area contributed by atoms with E-state index in [1.54, 1.807) is 4.90 Å². The van der Waals surface area contributed by atoms with Crippen LogP contribution in [0.3, 0.4) is 0 Å². The smallest absolute Gasteiger partial charge is 0.239 e. The highest BCUT2D eigenvalue weighted by atomic mass is 16.2. The first kappa shape index (κ1) is 74.0. The fourth-order valence-electron chi connectivity index (χ4n) is 11.5. The van der Waals surface area contributed by atoms with Gasteiger partial charge in [0.05, 0.1) is 5.92 Å². The van der Waals surface area contributed by atoms with Crippen molar-refractivity contribution in [2.75, 3.05) is 6.54 Å². The fraction of sp³-hybridized carbons (Fsp3) is 0.928. The zero-order valence-electron chi connectivity index (χ0n) is 51.4. The van der Waals surface area contributed by atoms with Crippen LogP contribution < -0.4 is 5.73 Å². The van der Waals surface area contributed by atoms with Crippen LogP contribution in [0.25, 0.3) is 0 Å². The topological polar surface area (TPSA) is 115 Å². The predicted octanol–water partition coefficient (Wildman–Crippen LogP) is 21.7. The molecular weight excluding hydrogens is 937 g/mol. The summed E-state index contributed by atoms with van der Waals surface area (Å²) >= 11 is 0. The molecule has 0 rings (SSSR count). The van der Waals surface area contributed by atoms with E-state index in [2.05, 4.69) is 13.8 Å². The van der Waals surface area contributed by atoms with Gasteiger partial charge in [-0.15, -0.1) is 0 Å². The van der Waals surface area contributed by atoms with Crippen LogP contribution in [-0.4, -0.2) is 41.2 Å². The van der Waals surface area contributed by atoms with E-state index in [1.165, 1.54) is 270 Å². The molecule has 0 spiro atoms. The van der Waals surface area contributed by atoms with E-state index >= 15 is 0 Å². The lowest BCUT2D eigenvalue weighted by atomic mass is 9.91. The van der Waals surface area contributed by atoms with Crippen LogP contribution in [0, 0.1) is 5.92 Å². The van der Waals surface area contributed by atoms with Crippen LogP contribution in [0.1, 0.15) is 399 Å². The maximum absolute atomic E-state index is 14.6. The molecule has 0 aliphatic heterocycles. The van der Waals surface area contributed by atoms with Crippen molar-refractivity contribution in [3.63, 3.8) is 0 Å². The first-order valence-corrected chi connectivity index (χ1v) is 34.5. The zero-order valence-corrected chi connectivity index (χ0v) is 51.4. The Labute approximate surface area is 473 Å². The number of rotatable bonds is 65. The number of unbranched alkanes of at least 4 members (excludes halogenated alkanes) is 52. The molecule has 1 atom stereocenters. The highest BCUT2D eigenvalue weighted by molar-refractivity contribution is 6.07. The van der Waals surface area contributed by atoms with Gasteiger partial charge in [0.25, 0.3) is 0 Å². The number of hydrogen-bond donors (Lipinski definition) is 1. The van der Waals surface area contributed by atoms with E-state index in [-0.39, 0.29) is 23.5 Å². The van der Waals surface area contributed by atoms with E-state index in [0.29, 0.717) is 38.6 Å². The van der Waals surface area contributed by atoms with Crippen LogP contribution in [0.4, 0.5) is 0 Å². The molecule has 2 N–H and O–H groups in total. The summed E-state index contributed by atoms with van der Waals surface area (Å²) in [7, 11) is 0. The number of imide groups is 1. The number of ketones is 1. The lowest BCUT2D eigenvalue weighted by Gasteiger charge is -2.26. The van der Waals surface area contributed by atoms with Gasteiger partial charge in [-0.25, -0.2) is 0 Å². The molecule has 0 aromatic carbocycles. The Kier molecular flexibility index (Phi) is 60.5. The molecule has 7 nitrogen and oxygen atoms in total. The van der Waals surface area contributed by atoms with Crippen LogP contribution in [0.5, 0.6) is 0 Å². The molecule has 448 valence electrons. The molecular formula is C69H132N2O5. The van der Waals surface area contributed by atoms with E-state index < -0.39 is 5.92 Å². The number of carbonyl (C=O) groups is 5. The van der Waals surface area contributed by atoms with E-state index in [0.717, 1.165) is 89.8 Å². The predicted molar refractivity (Wildman–Crippen MR) is 329 cm³/mol. The lowest BCUT2D eigenvalue weighted by Crippen LogP contribution is -2.43. The summed E-state index contributed by atoms with van der Waals surface area (Å²) in [5.41, 5.74) is 5.24. The second-order valence-electron chi connectivity index (χ2n) is 24.1. The Hall–Kier alpha value is -2.05. The molecule has 76 heavy (non-hydrogen) atoms. The zero-order chi connectivity index (χ0) is 55.3. The number of hydrogen-bond acceptors (Lipinski definition) is 5. The normalized spacial score (nSPS) is 11.9. The van der Waals surface area contributed by atoms with Crippen LogP contribution in [0.15, 0.2) is 0 Å². The van der Waals surface area contributed by atoms with Crippen LogP contribution in [-0.2, 0) is 24.0 Å². The van der Waals surface area contributed by atoms with Gasteiger partial charge in [-0.1, -0.05) is 335 Å². The van der Waals surface area contributed by atoms with Gasteiger partial charge < -0.3 is 10.5 Å². The molecule has 0 fully saturated rings. The summed E-state index contributed by atoms with van der Waals surface area (Å²) in [4.78, 5) is 65.8. The molecule has 0 aromatic heterocycles. The lowest BCUT2D eigenvalue weighted by molar-refractivity contribution is -0.150. The van der Waals surface area contributed by atoms with Crippen molar-refractivity contribution in [2.45, 2.75) is 399 Å². The van der Waals surface area contributed by atoms with Crippen molar-refractivity contribution in [3.8, 4) is 0 Å². The van der Waals surface area contributed by atoms with Crippen LogP contribution in [0.2, 0.25) is 0 Å². The number of nitrogens with two attached hydrogens (primary N) is 1. The third-order valence-corrected chi connectivity index (χ3v) is 16.6. The number of aldehydes is 1. The summed E-state index contributed by atoms with van der Waals surface area (Å²) in [6, 6.07) is 0. The number of Topliss-reactive ketones (excluding diaryl/α,β-unsaturated/α-hetero) is 1. The molecule has 1 unspecified atom stereocenters. The molecule has 0 aliphatic rings. The molecule has 0 saturated carbocycles. The Morgan fingerprint density at radius 1 is 0.329 bits per heavy atom. The van der Waals surface area contributed by atoms with Gasteiger partial charge in [0.15, 0.2) is 0 Å². The third-order valence-electron chi connectivity index (χ3n) is 16.6. The van der Waals surface area contributed by atoms with Crippen molar-refractivity contribution in [1.82, 2.24) is 4.90 Å². The van der Waals surface area contributed by atoms with Crippen molar-refractivity contribution < 1.29 is 24.0 Å². The second-order valence-corrected chi connectivity index (χ2v) is 24.1. The van der Waals surface area contributed by atoms with Gasteiger partial charge in [-0.3, -0.25) is 24.1 Å². The molecule has 0 bridgehead atoms. The van der Waals surface area contributed by atoms with E-state index in [9.17, 15) is 24.0 Å². The Balaban J connectivity index is 5.13. The summed E-state index contributed by atoms with van der Waals surface area (Å²) < 4.78 is 0. The van der Waals surface area contributed by atoms with Crippen molar-refractivity contribution in [3.05, 3.63) is 0 Å². The first-order chi connectivity index (χ1) is 37.4. The molecule has 0 heterocycles. The van der Waals surface area contributed by atoms with Crippen molar-refractivity contribution in [1.29, 1.82) is 0 Å². The quantitative estimate of drug-likeness (QED) is 0.0370. The molecule has 7 heteroatoms. The fourth-order valence-corrected chi connectivity index (χ4v) is 11.5. The highest BCUT2D eigenvalue weighted by Crippen LogP contribution is 2.23. The minimum atomic E-state index is -0.667. The Morgan fingerprint density at radius 2 is 0.592 bits per heavy atom. The third kappa shape index (κ3) is 53.9. The van der Waals surface area contributed by atoms with Gasteiger partial charge in [0.1, 0.15) is 12.1 Å². The number of primary amides is 1. The highest BCUT2D eigenvalue weighted by Gasteiger charge is 2.32. The summed E-state index contributed by atoms with van der Waals surface area (Å²) in [5.74, 6) is -0.959. The first-order valence-electron chi connectivity index (χ1n) is 34.5. The molecule has 0 aromatic rings. The Bertz CT molecular complexity index is 1250. The number of carbonyl (C=O) groups excluding carboxylic acids is 5. The van der Waals surface area contributed by atoms with Gasteiger partial charge in [0, 0.05) is 32.2 Å². The summed E-state index contributed by atoms with van der Waals surface area (Å²) in [6.07, 6.45) is 71.4. The number of nitrogens with zero attached hydrogens (tertiary/aromatic N) is 1. The standard InChI is InChI=1S/C69H132N2O5/c1-3-5-7-9-11-13-15-30-35-41-47-53-59-65(66(73)60-54-48-42-36-29-14-12-10-8-6-4-2)69(76)71(68(75)62-56-50-44-38-32-26-22-20-24-28-34-40-46-52-58-64-72)63-57-51-45-39-33-27-23-19-17-16-18-21-25-31-37-43-49-55-61-67(70)74/h64-65H,3-63H2,1-2H3,(H2,70,74). The molecule has 3 amide bonds. The molecule has 0 saturated heterocycles. The van der Waals surface area contributed by atoms with E-state index in [1.807, 2.05) is 0 Å².